The van der Waals surface area contributed by atoms with E-state index in [0.717, 1.165) is 10.5 Å². The number of carbonyl (C=O) groups excluding carboxylic acids is 1. The van der Waals surface area contributed by atoms with E-state index in [9.17, 15) is 9.90 Å². The van der Waals surface area contributed by atoms with Crippen molar-refractivity contribution in [3.63, 3.8) is 0 Å². The largest absolute Gasteiger partial charge is 0.390 e. The van der Waals surface area contributed by atoms with Gasteiger partial charge in [0.2, 0.25) is 0 Å². The van der Waals surface area contributed by atoms with Crippen LogP contribution in [0.15, 0.2) is 95.9 Å². The predicted molar refractivity (Wildman–Crippen MR) is 157 cm³/mol. The van der Waals surface area contributed by atoms with Crippen LogP contribution in [0.2, 0.25) is 0 Å². The molecule has 2 atom stereocenters. The second-order valence-corrected chi connectivity index (χ2v) is 10.1. The summed E-state index contributed by atoms with van der Waals surface area (Å²) in [6.07, 6.45) is -0.735. The molecule has 4 aromatic rings. The number of aliphatic hydroxyl groups is 1. The highest BCUT2D eigenvalue weighted by atomic mass is 32.2. The van der Waals surface area contributed by atoms with Gasteiger partial charge in [0.25, 0.3) is 5.91 Å². The zero-order chi connectivity index (χ0) is 26.6. The minimum atomic E-state index is -0.735. The average Bonchev–Trinajstić information content (AvgIpc) is 2.92. The number of hydrogen-bond donors (Lipinski definition) is 3. The average molecular weight is 515 g/mol. The van der Waals surface area contributed by atoms with Crippen LogP contribution >= 0.6 is 11.8 Å². The van der Waals surface area contributed by atoms with Crippen LogP contribution in [0.1, 0.15) is 40.9 Å². The highest BCUT2D eigenvalue weighted by molar-refractivity contribution is 7.99. The maximum atomic E-state index is 13.0. The Morgan fingerprint density at radius 1 is 0.838 bits per heavy atom. The van der Waals surface area contributed by atoms with Crippen LogP contribution in [0.25, 0.3) is 10.8 Å². The fourth-order valence-electron chi connectivity index (χ4n) is 4.06. The summed E-state index contributed by atoms with van der Waals surface area (Å²) in [5.41, 5.74) is 4.01. The summed E-state index contributed by atoms with van der Waals surface area (Å²) in [4.78, 5) is 14.1. The number of carbonyl (C=O) groups is 1. The summed E-state index contributed by atoms with van der Waals surface area (Å²) in [5.74, 6) is 0.388. The summed E-state index contributed by atoms with van der Waals surface area (Å²) >= 11 is 1.64. The van der Waals surface area contributed by atoms with E-state index in [1.165, 1.54) is 21.9 Å². The predicted octanol–water partition coefficient (Wildman–Crippen LogP) is 6.52. The Hall–Kier alpha value is -3.12. The minimum absolute atomic E-state index is 0.171. The van der Waals surface area contributed by atoms with E-state index in [-0.39, 0.29) is 5.91 Å². The van der Waals surface area contributed by atoms with Crippen molar-refractivity contribution in [1.29, 1.82) is 0 Å². The molecule has 4 aromatic carbocycles. The van der Waals surface area contributed by atoms with Crippen molar-refractivity contribution in [2.45, 2.75) is 51.3 Å². The number of thioether (sulfide) groups is 1. The Balaban J connectivity index is 0.00000186. The van der Waals surface area contributed by atoms with Gasteiger partial charge in [0, 0.05) is 29.3 Å². The zero-order valence-electron chi connectivity index (χ0n) is 22.2. The second kappa shape index (κ2) is 14.6. The lowest BCUT2D eigenvalue weighted by Gasteiger charge is -2.25. The third kappa shape index (κ3) is 8.74. The monoisotopic (exact) mass is 514 g/mol. The number of hydrogen-bond acceptors (Lipinski definition) is 4. The lowest BCUT2D eigenvalue weighted by atomic mass is 10.1. The first-order chi connectivity index (χ1) is 18.0. The molecule has 0 aliphatic rings. The van der Waals surface area contributed by atoms with Crippen LogP contribution < -0.4 is 10.6 Å². The lowest BCUT2D eigenvalue weighted by Crippen LogP contribution is -2.49. The summed E-state index contributed by atoms with van der Waals surface area (Å²) in [6, 6.07) is 30.0. The molecule has 3 N–H and O–H groups in total. The Kier molecular flexibility index (Phi) is 11.2. The highest BCUT2D eigenvalue weighted by Crippen LogP contribution is 2.25. The van der Waals surface area contributed by atoms with Gasteiger partial charge >= 0.3 is 0 Å². The van der Waals surface area contributed by atoms with Crippen LogP contribution in [-0.2, 0) is 6.54 Å². The van der Waals surface area contributed by atoms with E-state index in [1.807, 2.05) is 57.2 Å². The normalized spacial score (nSPS) is 12.4. The Morgan fingerprint density at radius 3 is 2.27 bits per heavy atom. The molecule has 0 bridgehead atoms. The SMILES string of the molecule is CC.Cc1cccc(CNC[C@@H](O)[C@H](CSc2ccc3ccccc3c2)NC(=O)c2cccc(C)c2)c1. The number of rotatable bonds is 10. The third-order valence-electron chi connectivity index (χ3n) is 5.98. The first-order valence-corrected chi connectivity index (χ1v) is 13.9. The summed E-state index contributed by atoms with van der Waals surface area (Å²) < 4.78 is 0. The maximum absolute atomic E-state index is 13.0. The molecule has 4 rings (SSSR count). The van der Waals surface area contributed by atoms with Gasteiger partial charge in [-0.05, 0) is 54.4 Å². The van der Waals surface area contributed by atoms with E-state index < -0.39 is 12.1 Å². The van der Waals surface area contributed by atoms with Crippen molar-refractivity contribution in [2.24, 2.45) is 0 Å². The number of aliphatic hydroxyl groups excluding tert-OH is 1. The Labute approximate surface area is 225 Å². The molecule has 0 saturated heterocycles. The fourth-order valence-corrected chi connectivity index (χ4v) is 5.11. The van der Waals surface area contributed by atoms with Crippen molar-refractivity contribution in [3.05, 3.63) is 113 Å². The topological polar surface area (TPSA) is 61.4 Å². The number of amides is 1. The molecular weight excluding hydrogens is 476 g/mol. The standard InChI is InChI=1S/C30H32N2O2S.C2H6/c1-21-7-5-9-23(15-21)18-31-19-29(33)28(32-30(34)26-12-6-8-22(2)16-26)20-35-27-14-13-24-10-3-4-11-25(24)17-27;1-2/h3-17,28-29,31,33H,18-20H2,1-2H3,(H,32,34);1-2H3/t28-,29+;/m0./s1. The van der Waals surface area contributed by atoms with E-state index in [1.54, 1.807) is 17.8 Å². The molecule has 0 saturated carbocycles. The van der Waals surface area contributed by atoms with Crippen molar-refractivity contribution in [1.82, 2.24) is 10.6 Å². The molecule has 1 amide bonds. The van der Waals surface area contributed by atoms with Gasteiger partial charge in [-0.2, -0.15) is 0 Å². The van der Waals surface area contributed by atoms with Crippen molar-refractivity contribution in [3.8, 4) is 0 Å². The molecule has 0 unspecified atom stereocenters. The molecule has 0 aliphatic carbocycles. The molecule has 0 fully saturated rings. The van der Waals surface area contributed by atoms with Gasteiger partial charge in [-0.15, -0.1) is 11.8 Å². The quantitative estimate of drug-likeness (QED) is 0.211. The molecule has 194 valence electrons. The van der Waals surface area contributed by atoms with Gasteiger partial charge < -0.3 is 15.7 Å². The molecule has 0 aliphatic heterocycles. The van der Waals surface area contributed by atoms with Crippen molar-refractivity contribution in [2.75, 3.05) is 12.3 Å². The van der Waals surface area contributed by atoms with Gasteiger partial charge in [0.05, 0.1) is 12.1 Å². The smallest absolute Gasteiger partial charge is 0.251 e. The Morgan fingerprint density at radius 2 is 1.54 bits per heavy atom. The molecule has 0 spiro atoms. The number of fused-ring (bicyclic) bond motifs is 1. The molecule has 0 aromatic heterocycles. The zero-order valence-corrected chi connectivity index (χ0v) is 23.0. The molecule has 0 radical (unpaired) electrons. The molecule has 5 heteroatoms. The van der Waals surface area contributed by atoms with Crippen LogP contribution in [0.5, 0.6) is 0 Å². The highest BCUT2D eigenvalue weighted by Gasteiger charge is 2.22. The van der Waals surface area contributed by atoms with Crippen LogP contribution in [0.3, 0.4) is 0 Å². The fraction of sp³-hybridized carbons (Fsp3) is 0.281. The first kappa shape index (κ1) is 28.5. The van der Waals surface area contributed by atoms with E-state index in [4.69, 9.17) is 0 Å². The van der Waals surface area contributed by atoms with Gasteiger partial charge in [0.15, 0.2) is 0 Å². The van der Waals surface area contributed by atoms with Crippen molar-refractivity contribution < 1.29 is 9.90 Å². The molecular formula is C32H38N2O2S. The molecule has 4 nitrogen and oxygen atoms in total. The maximum Gasteiger partial charge on any atom is 0.251 e. The van der Waals surface area contributed by atoms with Gasteiger partial charge in [-0.1, -0.05) is 91.7 Å². The summed E-state index contributed by atoms with van der Waals surface area (Å²) in [5, 5.41) is 19.8. The lowest BCUT2D eigenvalue weighted by molar-refractivity contribution is 0.0854. The third-order valence-corrected chi connectivity index (χ3v) is 7.09. The van der Waals surface area contributed by atoms with Crippen LogP contribution in [0.4, 0.5) is 0 Å². The number of nitrogens with one attached hydrogen (secondary N) is 2. The molecule has 37 heavy (non-hydrogen) atoms. The minimum Gasteiger partial charge on any atom is -0.390 e. The van der Waals surface area contributed by atoms with E-state index in [2.05, 4.69) is 66.1 Å². The van der Waals surface area contributed by atoms with Crippen LogP contribution in [0, 0.1) is 13.8 Å². The first-order valence-electron chi connectivity index (χ1n) is 12.9. The summed E-state index contributed by atoms with van der Waals surface area (Å²) in [6.45, 7) is 9.08. The van der Waals surface area contributed by atoms with E-state index in [0.29, 0.717) is 24.4 Å². The van der Waals surface area contributed by atoms with E-state index >= 15 is 0 Å². The summed E-state index contributed by atoms with van der Waals surface area (Å²) in [7, 11) is 0. The number of benzene rings is 4. The number of aryl methyl sites for hydroxylation is 2. The Bertz CT molecular complexity index is 1290. The van der Waals surface area contributed by atoms with Gasteiger partial charge in [-0.25, -0.2) is 0 Å². The van der Waals surface area contributed by atoms with Crippen LogP contribution in [-0.4, -0.2) is 35.5 Å². The van der Waals surface area contributed by atoms with Crippen molar-refractivity contribution >= 4 is 28.4 Å². The molecule has 0 heterocycles. The van der Waals surface area contributed by atoms with Gasteiger partial charge in [-0.3, -0.25) is 4.79 Å². The van der Waals surface area contributed by atoms with Gasteiger partial charge in [0.1, 0.15) is 0 Å². The second-order valence-electron chi connectivity index (χ2n) is 8.96.